The van der Waals surface area contributed by atoms with Crippen LogP contribution in [0.3, 0.4) is 0 Å². The lowest BCUT2D eigenvalue weighted by Crippen LogP contribution is -2.21. The van der Waals surface area contributed by atoms with Crippen LogP contribution >= 0.6 is 12.4 Å². The summed E-state index contributed by atoms with van der Waals surface area (Å²) in [5, 5.41) is 0. The lowest BCUT2D eigenvalue weighted by molar-refractivity contribution is 0.335. The van der Waals surface area contributed by atoms with Gasteiger partial charge in [-0.15, -0.1) is 12.4 Å². The molecule has 1 unspecified atom stereocenters. The third-order valence-electron chi connectivity index (χ3n) is 5.61. The summed E-state index contributed by atoms with van der Waals surface area (Å²) in [6, 6.07) is 12.8. The Labute approximate surface area is 187 Å². The summed E-state index contributed by atoms with van der Waals surface area (Å²) < 4.78 is 33.9. The van der Waals surface area contributed by atoms with E-state index >= 15 is 0 Å². The first-order valence-electron chi connectivity index (χ1n) is 10.4. The summed E-state index contributed by atoms with van der Waals surface area (Å²) >= 11 is 0. The van der Waals surface area contributed by atoms with Gasteiger partial charge in [0, 0.05) is 6.54 Å². The Morgan fingerprint density at radius 3 is 2.47 bits per heavy atom. The maximum Gasteiger partial charge on any atom is 0.262 e. The number of rotatable bonds is 8. The maximum absolute atomic E-state index is 12.8. The number of likely N-dealkylation sites (tertiary alicyclic amines) is 1. The van der Waals surface area contributed by atoms with Gasteiger partial charge < -0.3 is 9.64 Å². The number of hydrogen-bond donors (Lipinski definition) is 1. The fraction of sp³-hybridized carbons (Fsp3) is 0.478. The average molecular weight is 453 g/mol. The van der Waals surface area contributed by atoms with Crippen molar-refractivity contribution in [3.05, 3.63) is 53.6 Å². The van der Waals surface area contributed by atoms with Crippen molar-refractivity contribution >= 4 is 28.1 Å². The molecule has 1 atom stereocenters. The van der Waals surface area contributed by atoms with Gasteiger partial charge in [-0.3, -0.25) is 4.72 Å². The van der Waals surface area contributed by atoms with Gasteiger partial charge in [0.1, 0.15) is 5.75 Å². The molecule has 166 valence electrons. The molecule has 1 saturated heterocycles. The summed E-state index contributed by atoms with van der Waals surface area (Å²) in [7, 11) is -2.10. The van der Waals surface area contributed by atoms with Crippen LogP contribution in [0.5, 0.6) is 5.75 Å². The van der Waals surface area contributed by atoms with Crippen molar-refractivity contribution in [1.82, 2.24) is 4.90 Å². The van der Waals surface area contributed by atoms with Gasteiger partial charge in [0.05, 0.1) is 17.7 Å². The molecular weight excluding hydrogens is 420 g/mol. The topological polar surface area (TPSA) is 58.6 Å². The first-order chi connectivity index (χ1) is 13.8. The largest absolute Gasteiger partial charge is 0.495 e. The van der Waals surface area contributed by atoms with Gasteiger partial charge in [-0.05, 0) is 73.2 Å². The molecule has 3 rings (SSSR count). The van der Waals surface area contributed by atoms with Gasteiger partial charge in [-0.2, -0.15) is 0 Å². The lowest BCUT2D eigenvalue weighted by atomic mass is 9.98. The average Bonchev–Trinajstić information content (AvgIpc) is 3.17. The van der Waals surface area contributed by atoms with E-state index in [-0.39, 0.29) is 17.3 Å². The van der Waals surface area contributed by atoms with Gasteiger partial charge in [0.15, 0.2) is 0 Å². The van der Waals surface area contributed by atoms with Crippen molar-refractivity contribution in [2.45, 2.75) is 50.3 Å². The van der Waals surface area contributed by atoms with Crippen LogP contribution in [0.15, 0.2) is 47.4 Å². The molecule has 7 heteroatoms. The highest BCUT2D eigenvalue weighted by Crippen LogP contribution is 2.34. The molecule has 0 bridgehead atoms. The molecule has 0 aromatic heterocycles. The number of anilines is 1. The molecule has 1 fully saturated rings. The van der Waals surface area contributed by atoms with E-state index in [2.05, 4.69) is 30.4 Å². The van der Waals surface area contributed by atoms with E-state index < -0.39 is 10.0 Å². The summed E-state index contributed by atoms with van der Waals surface area (Å²) in [4.78, 5) is 2.73. The molecule has 0 saturated carbocycles. The van der Waals surface area contributed by atoms with E-state index in [1.54, 1.807) is 19.2 Å². The monoisotopic (exact) mass is 452 g/mol. The Morgan fingerprint density at radius 1 is 1.17 bits per heavy atom. The van der Waals surface area contributed by atoms with E-state index in [4.69, 9.17) is 4.74 Å². The van der Waals surface area contributed by atoms with Crippen LogP contribution in [0.1, 0.15) is 56.6 Å². The van der Waals surface area contributed by atoms with Crippen molar-refractivity contribution in [2.24, 2.45) is 0 Å². The molecule has 5 nitrogen and oxygen atoms in total. The molecule has 2 aromatic rings. The minimum atomic E-state index is -3.67. The predicted octanol–water partition coefficient (Wildman–Crippen LogP) is 5.24. The zero-order chi connectivity index (χ0) is 21.0. The van der Waals surface area contributed by atoms with Crippen molar-refractivity contribution in [3.8, 4) is 5.75 Å². The van der Waals surface area contributed by atoms with Crippen LogP contribution in [0.25, 0.3) is 0 Å². The Kier molecular flexibility index (Phi) is 8.59. The highest BCUT2D eigenvalue weighted by molar-refractivity contribution is 7.92. The summed E-state index contributed by atoms with van der Waals surface area (Å²) in [5.74, 6) is 1.37. The third-order valence-corrected chi connectivity index (χ3v) is 6.99. The van der Waals surface area contributed by atoms with E-state index in [1.165, 1.54) is 5.56 Å². The van der Waals surface area contributed by atoms with Crippen molar-refractivity contribution in [2.75, 3.05) is 31.5 Å². The van der Waals surface area contributed by atoms with Crippen LogP contribution in [-0.4, -0.2) is 40.1 Å². The zero-order valence-corrected chi connectivity index (χ0v) is 19.9. The molecule has 1 heterocycles. The van der Waals surface area contributed by atoms with Crippen LogP contribution < -0.4 is 9.46 Å². The molecule has 1 aliphatic heterocycles. The number of methoxy groups -OCH3 is 1. The summed E-state index contributed by atoms with van der Waals surface area (Å²) in [5.41, 5.74) is 2.77. The highest BCUT2D eigenvalue weighted by atomic mass is 35.5. The molecular formula is C23H33ClN2O3S. The first kappa shape index (κ1) is 24.5. The molecule has 0 amide bonds. The second-order valence-corrected chi connectivity index (χ2v) is 9.76. The molecule has 0 radical (unpaired) electrons. The van der Waals surface area contributed by atoms with Gasteiger partial charge in [0.25, 0.3) is 10.0 Å². The van der Waals surface area contributed by atoms with Crippen LogP contribution in [0, 0.1) is 0 Å². The molecule has 30 heavy (non-hydrogen) atoms. The maximum atomic E-state index is 12.8. The fourth-order valence-electron chi connectivity index (χ4n) is 3.91. The minimum absolute atomic E-state index is 0. The van der Waals surface area contributed by atoms with Gasteiger partial charge >= 0.3 is 0 Å². The number of ether oxygens (including phenoxy) is 1. The van der Waals surface area contributed by atoms with Crippen LogP contribution in [0.2, 0.25) is 0 Å². The Balaban J connectivity index is 0.00000320. The van der Waals surface area contributed by atoms with Gasteiger partial charge in [-0.25, -0.2) is 8.42 Å². The first-order valence-corrected chi connectivity index (χ1v) is 11.9. The number of halogens is 1. The van der Waals surface area contributed by atoms with E-state index in [0.717, 1.165) is 38.0 Å². The number of sulfonamides is 1. The molecule has 2 aromatic carbocycles. The van der Waals surface area contributed by atoms with E-state index in [9.17, 15) is 8.42 Å². The van der Waals surface area contributed by atoms with Gasteiger partial charge in [-0.1, -0.05) is 39.0 Å². The standard InChI is InChI=1S/C23H32N2O3S.ClH/c1-5-13-25-14-12-20(16-25)19-8-11-22(23(15-19)28-4)24-29(26,27)21-9-6-18(7-10-21)17(2)3;/h6-11,15,17,20,24H,5,12-14,16H2,1-4H3;1H. The molecule has 0 spiro atoms. The summed E-state index contributed by atoms with van der Waals surface area (Å²) in [6.45, 7) is 9.65. The number of hydrogen-bond acceptors (Lipinski definition) is 4. The second kappa shape index (κ2) is 10.5. The summed E-state index contributed by atoms with van der Waals surface area (Å²) in [6.07, 6.45) is 2.28. The SMILES string of the molecule is CCCN1CCC(c2ccc(NS(=O)(=O)c3ccc(C(C)C)cc3)c(OC)c2)C1.Cl. The van der Waals surface area contributed by atoms with E-state index in [0.29, 0.717) is 23.3 Å². The molecule has 0 aliphatic carbocycles. The number of nitrogens with zero attached hydrogens (tertiary/aromatic N) is 1. The highest BCUT2D eigenvalue weighted by Gasteiger charge is 2.24. The smallest absolute Gasteiger partial charge is 0.262 e. The molecule has 1 aliphatic rings. The minimum Gasteiger partial charge on any atom is -0.495 e. The molecule has 1 N–H and O–H groups in total. The van der Waals surface area contributed by atoms with Gasteiger partial charge in [0.2, 0.25) is 0 Å². The second-order valence-electron chi connectivity index (χ2n) is 8.08. The quantitative estimate of drug-likeness (QED) is 0.594. The van der Waals surface area contributed by atoms with Crippen molar-refractivity contribution < 1.29 is 13.2 Å². The normalized spacial score (nSPS) is 17.0. The van der Waals surface area contributed by atoms with E-state index in [1.807, 2.05) is 30.3 Å². The Bertz CT molecular complexity index is 930. The predicted molar refractivity (Wildman–Crippen MR) is 126 cm³/mol. The fourth-order valence-corrected chi connectivity index (χ4v) is 4.98. The van der Waals surface area contributed by atoms with Crippen molar-refractivity contribution in [1.29, 1.82) is 0 Å². The zero-order valence-electron chi connectivity index (χ0n) is 18.2. The van der Waals surface area contributed by atoms with Crippen molar-refractivity contribution in [3.63, 3.8) is 0 Å². The Hall–Kier alpha value is -1.76. The lowest BCUT2D eigenvalue weighted by Gasteiger charge is -2.17. The third kappa shape index (κ3) is 5.68. The Morgan fingerprint density at radius 2 is 1.87 bits per heavy atom. The van der Waals surface area contributed by atoms with Crippen LogP contribution in [-0.2, 0) is 10.0 Å². The van der Waals surface area contributed by atoms with Crippen LogP contribution in [0.4, 0.5) is 5.69 Å². The number of nitrogens with one attached hydrogen (secondary N) is 1. The number of benzene rings is 2.